The topological polar surface area (TPSA) is 83.8 Å². The van der Waals surface area contributed by atoms with E-state index in [1.807, 2.05) is 0 Å². The van der Waals surface area contributed by atoms with E-state index in [1.54, 1.807) is 0 Å². The van der Waals surface area contributed by atoms with E-state index in [2.05, 4.69) is 11.3 Å². The summed E-state index contributed by atoms with van der Waals surface area (Å²) in [5.41, 5.74) is 0. The van der Waals surface area contributed by atoms with Crippen LogP contribution >= 0.6 is 0 Å². The molecule has 0 amide bonds. The van der Waals surface area contributed by atoms with Crippen molar-refractivity contribution in [1.29, 1.82) is 0 Å². The molecule has 0 saturated heterocycles. The lowest BCUT2D eigenvalue weighted by molar-refractivity contribution is -0.155. The monoisotopic (exact) mass is 174 g/mol. The van der Waals surface area contributed by atoms with Crippen LogP contribution in [0.4, 0.5) is 0 Å². The van der Waals surface area contributed by atoms with E-state index in [-0.39, 0.29) is 13.0 Å². The number of hydrogen-bond acceptors (Lipinski definition) is 3. The van der Waals surface area contributed by atoms with Crippen molar-refractivity contribution in [2.75, 3.05) is 6.61 Å². The summed E-state index contributed by atoms with van der Waals surface area (Å²) in [4.78, 5) is 20.5. The lowest BCUT2D eigenvalue weighted by atomic mass is 10.1. The number of ether oxygens (including phenoxy) is 1. The smallest absolute Gasteiger partial charge is 0.318 e. The van der Waals surface area contributed by atoms with Crippen molar-refractivity contribution in [2.45, 2.75) is 6.42 Å². The third-order valence-electron chi connectivity index (χ3n) is 1.24. The molecule has 2 N–H and O–H groups in total. The van der Waals surface area contributed by atoms with Crippen molar-refractivity contribution in [2.24, 2.45) is 5.92 Å². The molecule has 0 aromatic heterocycles. The van der Waals surface area contributed by atoms with Crippen molar-refractivity contribution >= 4 is 11.9 Å². The van der Waals surface area contributed by atoms with Crippen LogP contribution in [0.15, 0.2) is 12.8 Å². The average Bonchev–Trinajstić information content (AvgIpc) is 1.96. The molecule has 0 heterocycles. The number of carbonyl (C=O) groups is 2. The normalized spacial score (nSPS) is 9.42. The highest BCUT2D eigenvalue weighted by Crippen LogP contribution is 2.03. The number of rotatable bonds is 6. The highest BCUT2D eigenvalue weighted by atomic mass is 16.5. The molecule has 0 rings (SSSR count). The second-order valence-corrected chi connectivity index (χ2v) is 2.06. The van der Waals surface area contributed by atoms with Crippen LogP contribution in [0.3, 0.4) is 0 Å². The van der Waals surface area contributed by atoms with Gasteiger partial charge in [-0.25, -0.2) is 0 Å². The van der Waals surface area contributed by atoms with Gasteiger partial charge in [0.25, 0.3) is 0 Å². The lowest BCUT2D eigenvalue weighted by Crippen LogP contribution is -2.24. The van der Waals surface area contributed by atoms with Crippen molar-refractivity contribution in [3.05, 3.63) is 12.8 Å². The summed E-state index contributed by atoms with van der Waals surface area (Å²) in [7, 11) is 0. The molecule has 12 heavy (non-hydrogen) atoms. The van der Waals surface area contributed by atoms with E-state index in [0.717, 1.165) is 6.26 Å². The van der Waals surface area contributed by atoms with Crippen LogP contribution < -0.4 is 0 Å². The Bertz CT molecular complexity index is 172. The van der Waals surface area contributed by atoms with Gasteiger partial charge in [-0.15, -0.1) is 0 Å². The van der Waals surface area contributed by atoms with E-state index in [9.17, 15) is 9.59 Å². The summed E-state index contributed by atoms with van der Waals surface area (Å²) in [6.07, 6.45) is 1.08. The molecule has 68 valence electrons. The second kappa shape index (κ2) is 5.17. The average molecular weight is 174 g/mol. The third kappa shape index (κ3) is 3.60. The molecule has 0 radical (unpaired) electrons. The molecule has 0 saturated carbocycles. The quantitative estimate of drug-likeness (QED) is 0.344. The van der Waals surface area contributed by atoms with Crippen LogP contribution in [0.25, 0.3) is 0 Å². The van der Waals surface area contributed by atoms with E-state index < -0.39 is 17.9 Å². The first-order valence-electron chi connectivity index (χ1n) is 3.27. The molecule has 0 bridgehead atoms. The van der Waals surface area contributed by atoms with Gasteiger partial charge < -0.3 is 14.9 Å². The van der Waals surface area contributed by atoms with Crippen LogP contribution in [0.1, 0.15) is 6.42 Å². The van der Waals surface area contributed by atoms with Crippen LogP contribution in [0.5, 0.6) is 0 Å². The van der Waals surface area contributed by atoms with Crippen LogP contribution in [-0.4, -0.2) is 28.8 Å². The molecule has 0 spiro atoms. The van der Waals surface area contributed by atoms with Crippen molar-refractivity contribution in [1.82, 2.24) is 0 Å². The number of carboxylic acid groups (broad SMARTS) is 2. The fourth-order valence-electron chi connectivity index (χ4n) is 0.622. The van der Waals surface area contributed by atoms with E-state index >= 15 is 0 Å². The van der Waals surface area contributed by atoms with Gasteiger partial charge in [0.2, 0.25) is 0 Å². The van der Waals surface area contributed by atoms with Crippen molar-refractivity contribution < 1.29 is 24.5 Å². The van der Waals surface area contributed by atoms with Crippen LogP contribution in [-0.2, 0) is 14.3 Å². The maximum Gasteiger partial charge on any atom is 0.318 e. The molecule has 0 aliphatic rings. The predicted molar refractivity (Wildman–Crippen MR) is 39.5 cm³/mol. The van der Waals surface area contributed by atoms with E-state index in [1.165, 1.54) is 0 Å². The standard InChI is InChI=1S/C7H10O5/c1-2-12-4-3-5(6(8)9)7(10)11/h2,5H,1,3-4H2,(H,8,9)(H,10,11). The Morgan fingerprint density at radius 1 is 1.42 bits per heavy atom. The first kappa shape index (κ1) is 10.5. The molecule has 0 aromatic carbocycles. The maximum atomic E-state index is 10.3. The molecule has 0 atom stereocenters. The second-order valence-electron chi connectivity index (χ2n) is 2.06. The fourth-order valence-corrected chi connectivity index (χ4v) is 0.622. The van der Waals surface area contributed by atoms with E-state index in [4.69, 9.17) is 10.2 Å². The van der Waals surface area contributed by atoms with Gasteiger partial charge in [0.1, 0.15) is 0 Å². The Kier molecular flexibility index (Phi) is 4.52. The van der Waals surface area contributed by atoms with Gasteiger partial charge in [-0.2, -0.15) is 0 Å². The highest BCUT2D eigenvalue weighted by molar-refractivity contribution is 5.92. The molecule has 0 aliphatic carbocycles. The molecule has 0 aromatic rings. The number of carboxylic acids is 2. The van der Waals surface area contributed by atoms with Crippen molar-refractivity contribution in [3.8, 4) is 0 Å². The Balaban J connectivity index is 3.88. The van der Waals surface area contributed by atoms with Gasteiger partial charge in [-0.1, -0.05) is 6.58 Å². The minimum atomic E-state index is -1.40. The third-order valence-corrected chi connectivity index (χ3v) is 1.24. The Morgan fingerprint density at radius 3 is 2.25 bits per heavy atom. The molecular weight excluding hydrogens is 164 g/mol. The van der Waals surface area contributed by atoms with Gasteiger partial charge >= 0.3 is 11.9 Å². The number of hydrogen-bond donors (Lipinski definition) is 2. The zero-order valence-electron chi connectivity index (χ0n) is 6.40. The van der Waals surface area contributed by atoms with Gasteiger partial charge in [-0.3, -0.25) is 9.59 Å². The molecule has 0 aliphatic heterocycles. The first-order chi connectivity index (χ1) is 5.59. The zero-order valence-corrected chi connectivity index (χ0v) is 6.40. The Morgan fingerprint density at radius 2 is 1.92 bits per heavy atom. The summed E-state index contributed by atoms with van der Waals surface area (Å²) < 4.78 is 4.60. The summed E-state index contributed by atoms with van der Waals surface area (Å²) in [5, 5.41) is 16.8. The van der Waals surface area contributed by atoms with Gasteiger partial charge in [-0.05, 0) is 0 Å². The molecule has 5 nitrogen and oxygen atoms in total. The SMILES string of the molecule is C=COCCC(C(=O)O)C(=O)O. The molecule has 0 unspecified atom stereocenters. The minimum absolute atomic E-state index is 0.0484. The Hall–Kier alpha value is -1.52. The zero-order chi connectivity index (χ0) is 9.56. The molecule has 0 fully saturated rings. The summed E-state index contributed by atoms with van der Waals surface area (Å²) >= 11 is 0. The summed E-state index contributed by atoms with van der Waals surface area (Å²) in [6.45, 7) is 3.28. The van der Waals surface area contributed by atoms with Gasteiger partial charge in [0.05, 0.1) is 12.9 Å². The fraction of sp³-hybridized carbons (Fsp3) is 0.429. The maximum absolute atomic E-state index is 10.3. The first-order valence-corrected chi connectivity index (χ1v) is 3.27. The summed E-state index contributed by atoms with van der Waals surface area (Å²) in [6, 6.07) is 0. The number of aliphatic carboxylic acids is 2. The van der Waals surface area contributed by atoms with Crippen LogP contribution in [0.2, 0.25) is 0 Å². The Labute approximate surface area is 69.3 Å². The summed E-state index contributed by atoms with van der Waals surface area (Å²) in [5.74, 6) is -4.10. The molecular formula is C7H10O5. The predicted octanol–water partition coefficient (Wildman–Crippen LogP) is 0.322. The van der Waals surface area contributed by atoms with Crippen LogP contribution in [0, 0.1) is 5.92 Å². The molecule has 5 heteroatoms. The minimum Gasteiger partial charge on any atom is -0.502 e. The highest BCUT2D eigenvalue weighted by Gasteiger charge is 2.24. The van der Waals surface area contributed by atoms with Gasteiger partial charge in [0, 0.05) is 6.42 Å². The van der Waals surface area contributed by atoms with Gasteiger partial charge in [0.15, 0.2) is 5.92 Å². The largest absolute Gasteiger partial charge is 0.502 e. The van der Waals surface area contributed by atoms with E-state index in [0.29, 0.717) is 0 Å². The lowest BCUT2D eigenvalue weighted by Gasteiger charge is -2.05. The van der Waals surface area contributed by atoms with Crippen molar-refractivity contribution in [3.63, 3.8) is 0 Å².